The summed E-state index contributed by atoms with van der Waals surface area (Å²) >= 11 is 0. The van der Waals surface area contributed by atoms with Crippen LogP contribution in [0.4, 0.5) is 0 Å². The number of aliphatic carboxylic acids is 1. The quantitative estimate of drug-likeness (QED) is 0.0600. The maximum atomic E-state index is 16.3. The van der Waals surface area contributed by atoms with E-state index in [9.17, 15) is 70.2 Å². The fraction of sp³-hybridized carbons (Fsp3) is 0.479. The molecule has 36 heteroatoms. The first-order valence-corrected chi connectivity index (χ1v) is 35.1. The van der Waals surface area contributed by atoms with E-state index in [0.29, 0.717) is 0 Å². The van der Waals surface area contributed by atoms with Crippen LogP contribution in [0.5, 0.6) is 46.0 Å². The predicted molar refractivity (Wildman–Crippen MR) is 376 cm³/mol. The second-order valence-corrected chi connectivity index (χ2v) is 29.0. The minimum Gasteiger partial charge on any atom is -0.508 e. The minimum absolute atomic E-state index is 0.0277. The molecule has 8 aliphatic heterocycles. The van der Waals surface area contributed by atoms with E-state index in [-0.39, 0.29) is 53.4 Å². The van der Waals surface area contributed by atoms with Gasteiger partial charge in [-0.05, 0) is 124 Å². The molecule has 23 N–H and O–H groups in total. The molecule has 0 aliphatic carbocycles. The smallest absolute Gasteiger partial charge is 0.330 e. The highest BCUT2D eigenvalue weighted by atomic mass is 16.8. The second-order valence-electron chi connectivity index (χ2n) is 29.0. The number of nitrogens with one attached hydrogen (secondary N) is 7. The number of phenols is 3. The van der Waals surface area contributed by atoms with Gasteiger partial charge < -0.3 is 143 Å². The number of carboxylic acid groups (broad SMARTS) is 1. The number of aliphatic hydroxyl groups is 6. The lowest BCUT2D eigenvalue weighted by Gasteiger charge is -2.47. The molecule has 109 heavy (non-hydrogen) atoms. The van der Waals surface area contributed by atoms with Gasteiger partial charge in [0.1, 0.15) is 89.5 Å². The summed E-state index contributed by atoms with van der Waals surface area (Å²) in [5.74, 6) is -14.9. The topological polar surface area (TPSA) is 575 Å². The van der Waals surface area contributed by atoms with E-state index in [0.717, 1.165) is 42.5 Å². The van der Waals surface area contributed by atoms with Crippen molar-refractivity contribution in [2.24, 2.45) is 23.1 Å². The summed E-state index contributed by atoms with van der Waals surface area (Å²) in [4.78, 5) is 119. The van der Waals surface area contributed by atoms with Crippen molar-refractivity contribution in [1.29, 1.82) is 0 Å². The molecule has 3 fully saturated rings. The number of nitrogens with two attached hydrogens (primary N) is 3. The molecule has 8 heterocycles. The van der Waals surface area contributed by atoms with Gasteiger partial charge in [0, 0.05) is 46.7 Å². The fourth-order valence-corrected chi connectivity index (χ4v) is 14.2. The van der Waals surface area contributed by atoms with Crippen LogP contribution in [0.2, 0.25) is 0 Å². The number of rotatable bonds is 15. The number of hydrogen-bond acceptors (Lipinski definition) is 28. The first kappa shape index (κ1) is 80.1. The van der Waals surface area contributed by atoms with Gasteiger partial charge in [-0.1, -0.05) is 44.2 Å². The number of carboxylic acids is 1. The Bertz CT molecular complexity index is 4260. The molecular weight excluding hydrogens is 1430 g/mol. The zero-order chi connectivity index (χ0) is 79.2. The van der Waals surface area contributed by atoms with Crippen molar-refractivity contribution >= 4 is 47.3 Å². The molecule has 5 aromatic carbocycles. The Balaban J connectivity index is 1.17. The molecule has 36 nitrogen and oxygen atoms in total. The second kappa shape index (κ2) is 32.3. The molecule has 7 amide bonds. The van der Waals surface area contributed by atoms with Gasteiger partial charge in [-0.15, -0.1) is 0 Å². The van der Waals surface area contributed by atoms with Crippen LogP contribution >= 0.6 is 0 Å². The molecule has 0 radical (unpaired) electrons. The number of amides is 7. The maximum absolute atomic E-state index is 16.3. The number of carbonyl (C=O) groups excluding carboxylic acids is 7. The largest absolute Gasteiger partial charge is 0.508 e. The van der Waals surface area contributed by atoms with Gasteiger partial charge in [0.2, 0.25) is 53.4 Å². The van der Waals surface area contributed by atoms with Gasteiger partial charge in [0.05, 0.1) is 43.5 Å². The normalized spacial score (nSPS) is 32.4. The molecule has 22 atom stereocenters. The van der Waals surface area contributed by atoms with Crippen molar-refractivity contribution in [1.82, 2.24) is 37.2 Å². The Kier molecular flexibility index (Phi) is 23.8. The number of phenolic OH excluding ortho intramolecular Hbond substituents is 3. The van der Waals surface area contributed by atoms with Gasteiger partial charge in [-0.2, -0.15) is 0 Å². The van der Waals surface area contributed by atoms with Gasteiger partial charge in [-0.25, -0.2) is 4.79 Å². The number of ether oxygens (including phenoxy) is 8. The minimum atomic E-state index is -2.31. The molecule has 0 spiro atoms. The van der Waals surface area contributed by atoms with Gasteiger partial charge in [-0.3, -0.25) is 33.6 Å². The third-order valence-electron chi connectivity index (χ3n) is 20.0. The Hall–Kier alpha value is -9.90. The van der Waals surface area contributed by atoms with Crippen LogP contribution in [0.25, 0.3) is 11.1 Å². The number of carbonyl (C=O) groups is 8. The highest BCUT2D eigenvalue weighted by molar-refractivity contribution is 6.00. The number of likely N-dealkylation sites (N-methyl/N-ethyl adjacent to an activating group) is 1. The molecule has 5 aromatic rings. The van der Waals surface area contributed by atoms with Crippen molar-refractivity contribution < 1.29 is 127 Å². The van der Waals surface area contributed by atoms with Crippen LogP contribution in [-0.2, 0) is 62.0 Å². The lowest BCUT2D eigenvalue weighted by atomic mass is 9.86. The molecule has 8 aliphatic rings. The third-order valence-corrected chi connectivity index (χ3v) is 20.0. The zero-order valence-electron chi connectivity index (χ0n) is 60.1. The van der Waals surface area contributed by atoms with Crippen molar-refractivity contribution in [3.8, 4) is 57.1 Å². The fourth-order valence-electron chi connectivity index (χ4n) is 14.2. The number of primary amides is 1. The number of hydrogen-bond donors (Lipinski definition) is 20. The number of aromatic hydroxyl groups is 3. The first-order valence-electron chi connectivity index (χ1n) is 35.1. The Morgan fingerprint density at radius 3 is 1.77 bits per heavy atom. The van der Waals surface area contributed by atoms with E-state index >= 15 is 19.2 Å². The molecular formula is C73H90N10O26. The third kappa shape index (κ3) is 17.3. The SMILES string of the molecule is CN[C@@H](CC(C)C)C(=O)N[C@H]1C(=O)N[C@H](CC(N)=O)C(=O)N[C@H]2C(=O)N[C@H]3C(=O)N[C@@H](C(=O)N[C@@H](C(=O)O)c4cc(O)cc(O)c4-c4cc3ccc4O)[C@@H](O[C@H]3C[C@](C)(N)[C@H](O)[C@@H](C)O3)c3ccc(cc3)Oc3cc2cc(c3O[C@H]2O[C@@H](CO)[C@@H](O)[C@H](O)[C@@H]2O[C@H]2C[C@](C)(N)[C@H](O)[C@@H](C)O2)Oc2ccc(cc2)[C@@H]1O. The predicted octanol–water partition coefficient (Wildman–Crippen LogP) is -0.963. The molecule has 0 aromatic heterocycles. The van der Waals surface area contributed by atoms with E-state index < -0.39 is 250 Å². The van der Waals surface area contributed by atoms with Crippen molar-refractivity contribution in [3.05, 3.63) is 119 Å². The average molecular weight is 1520 g/mol. The van der Waals surface area contributed by atoms with Crippen LogP contribution in [-0.4, -0.2) is 215 Å². The molecule has 588 valence electrons. The standard InChI is InChI=1S/C73H90N10O26/c1-28(2)18-40(77-7)64(94)82-54-56(89)31-8-13-36(14-9-31)104-44-20-34-21-45(60(44)109-71-61(58(91)57(90)46(27-84)106-71)108-49-26-73(6,76)63(93)30(4)103-49)105-37-15-10-32(11-16-37)59(107-48-25-72(5,75)62(92)29(3)102-48)55-69(99)81-53(70(100)101)39-22-35(85)23-43(87)50(39)38-19-33(12-17-42(38)86)51(66(96)83-55)80-67(97)52(34)79-65(95)41(24-47(74)88)78-68(54)98/h8-17,19-23,28-30,40-41,46,48-49,51-59,61-63,71,77,84-87,89-93H,18,24-27,75-76H2,1-7H3,(H2,74,88)(H,78,98)(H,79,95)(H,80,97)(H,81,99)(H,82,94)(H,83,96)(H,100,101)/t29-,30-,40+,41-,46+,48+,49+,51-,52-,53-,54-,55-,56+,57-,58+,59+,61+,62-,63-,71-,72+,73+/m1/s1. The Morgan fingerprint density at radius 2 is 1.21 bits per heavy atom. The van der Waals surface area contributed by atoms with Crippen LogP contribution in [0.15, 0.2) is 91.0 Å². The highest BCUT2D eigenvalue weighted by Gasteiger charge is 2.52. The summed E-state index contributed by atoms with van der Waals surface area (Å²) in [6.45, 7) is 8.73. The Labute approximate surface area is 622 Å². The lowest BCUT2D eigenvalue weighted by molar-refractivity contribution is -0.333. The van der Waals surface area contributed by atoms with E-state index in [4.69, 9.17) is 55.1 Å². The first-order chi connectivity index (χ1) is 51.4. The summed E-state index contributed by atoms with van der Waals surface area (Å²) in [5.41, 5.74) is 13.8. The van der Waals surface area contributed by atoms with Crippen molar-refractivity contribution in [3.63, 3.8) is 0 Å². The average Bonchev–Trinajstić information content (AvgIpc) is 0.766. The molecule has 3 saturated heterocycles. The highest BCUT2D eigenvalue weighted by Crippen LogP contribution is 2.49. The maximum Gasteiger partial charge on any atom is 0.330 e. The van der Waals surface area contributed by atoms with Gasteiger partial charge in [0.15, 0.2) is 36.2 Å². The van der Waals surface area contributed by atoms with E-state index in [1.807, 2.05) is 13.8 Å². The van der Waals surface area contributed by atoms with Crippen LogP contribution in [0, 0.1) is 5.92 Å². The van der Waals surface area contributed by atoms with E-state index in [2.05, 4.69) is 37.2 Å². The summed E-state index contributed by atoms with van der Waals surface area (Å²) < 4.78 is 51.7. The monoisotopic (exact) mass is 1520 g/mol. The molecule has 11 bridgehead atoms. The van der Waals surface area contributed by atoms with E-state index in [1.165, 1.54) is 83.3 Å². The summed E-state index contributed by atoms with van der Waals surface area (Å²) in [7, 11) is 1.49. The summed E-state index contributed by atoms with van der Waals surface area (Å²) in [5, 5.41) is 132. The van der Waals surface area contributed by atoms with Crippen molar-refractivity contribution in [2.75, 3.05) is 13.7 Å². The molecule has 13 rings (SSSR count). The molecule has 0 unspecified atom stereocenters. The molecule has 0 saturated carbocycles. The van der Waals surface area contributed by atoms with Crippen molar-refractivity contribution in [2.45, 2.75) is 201 Å². The lowest BCUT2D eigenvalue weighted by Crippen LogP contribution is -2.64. The van der Waals surface area contributed by atoms with Gasteiger partial charge in [0.25, 0.3) is 0 Å². The number of aliphatic hydroxyl groups excluding tert-OH is 6. The van der Waals surface area contributed by atoms with Gasteiger partial charge >= 0.3 is 5.97 Å². The summed E-state index contributed by atoms with van der Waals surface area (Å²) in [6.07, 6.45) is -22.0. The van der Waals surface area contributed by atoms with Crippen LogP contribution in [0.3, 0.4) is 0 Å². The number of benzene rings is 5. The Morgan fingerprint density at radius 1 is 0.651 bits per heavy atom. The zero-order valence-corrected chi connectivity index (χ0v) is 60.1. The van der Waals surface area contributed by atoms with Crippen LogP contribution < -0.4 is 68.6 Å². The van der Waals surface area contributed by atoms with E-state index in [1.54, 1.807) is 0 Å². The summed E-state index contributed by atoms with van der Waals surface area (Å²) in [6, 6.07) is 3.50. The van der Waals surface area contributed by atoms with Crippen LogP contribution in [0.1, 0.15) is 125 Å². The number of fused-ring (bicyclic) bond motifs is 15.